The van der Waals surface area contributed by atoms with Gasteiger partial charge in [0.1, 0.15) is 18.2 Å². The summed E-state index contributed by atoms with van der Waals surface area (Å²) >= 11 is 0. The van der Waals surface area contributed by atoms with E-state index in [9.17, 15) is 0 Å². The maximum atomic E-state index is 7.99. The Morgan fingerprint density at radius 1 is 0.806 bits per heavy atom. The lowest BCUT2D eigenvalue weighted by molar-refractivity contribution is -0.660. The molecule has 0 fully saturated rings. The van der Waals surface area contributed by atoms with Crippen LogP contribution in [0.1, 0.15) is 16.7 Å². The normalized spacial score (nSPS) is 11.2. The lowest BCUT2D eigenvalue weighted by Gasteiger charge is -2.09. The number of pyridine rings is 1. The van der Waals surface area contributed by atoms with Crippen molar-refractivity contribution in [3.63, 3.8) is 0 Å². The molecule has 0 unspecified atom stereocenters. The average Bonchev–Trinajstić information content (AvgIpc) is 3.13. The zero-order chi connectivity index (χ0) is 21.7. The molecule has 0 saturated heterocycles. The number of furan rings is 1. The van der Waals surface area contributed by atoms with E-state index in [-0.39, 0.29) is 0 Å². The molecular formula is C28H23N2O+. The minimum absolute atomic E-state index is 0.581. The topological polar surface area (TPSA) is 21.4 Å². The monoisotopic (exact) mass is 403 g/mol. The third-order valence-electron chi connectivity index (χ3n) is 6.09. The van der Waals surface area contributed by atoms with Gasteiger partial charge in [0.05, 0.1) is 12.1 Å². The van der Waals surface area contributed by atoms with E-state index >= 15 is 0 Å². The Labute approximate surface area is 182 Å². The summed E-state index contributed by atoms with van der Waals surface area (Å²) in [7, 11) is 2.05. The highest BCUT2D eigenvalue weighted by atomic mass is 16.3. The number of rotatable bonds is 2. The number of hydrogen-bond acceptors (Lipinski definition) is 1. The lowest BCUT2D eigenvalue weighted by Crippen LogP contribution is -2.30. The summed E-state index contributed by atoms with van der Waals surface area (Å²) in [6.45, 7) is 14.3. The second-order valence-electron chi connectivity index (χ2n) is 8.16. The van der Waals surface area contributed by atoms with Crippen LogP contribution in [0, 0.1) is 27.3 Å². The first-order chi connectivity index (χ1) is 15.0. The number of aromatic nitrogens is 1. The minimum atomic E-state index is 0.581. The Hall–Kier alpha value is -3.90. The van der Waals surface area contributed by atoms with Gasteiger partial charge < -0.3 is 4.42 Å². The molecule has 5 aromatic rings. The molecule has 0 bridgehead atoms. The van der Waals surface area contributed by atoms with Crippen molar-refractivity contribution in [2.24, 2.45) is 7.05 Å². The van der Waals surface area contributed by atoms with Crippen molar-refractivity contribution in [3.8, 4) is 22.4 Å². The molecule has 0 aliphatic heterocycles. The van der Waals surface area contributed by atoms with Gasteiger partial charge in [-0.05, 0) is 55.2 Å². The van der Waals surface area contributed by atoms with Crippen LogP contribution < -0.4 is 4.57 Å². The Kier molecular flexibility index (Phi) is 4.38. The summed E-state index contributed by atoms with van der Waals surface area (Å²) in [4.78, 5) is 3.95. The molecule has 0 saturated carbocycles. The van der Waals surface area contributed by atoms with Crippen LogP contribution in [0.2, 0.25) is 0 Å². The molecule has 3 heteroatoms. The molecule has 2 aromatic heterocycles. The highest BCUT2D eigenvalue weighted by Gasteiger charge is 2.25. The van der Waals surface area contributed by atoms with E-state index in [0.717, 1.165) is 55.4 Å². The Balaban J connectivity index is 1.96. The first kappa shape index (κ1) is 19.1. The predicted molar refractivity (Wildman–Crippen MR) is 126 cm³/mol. The Morgan fingerprint density at radius 2 is 1.52 bits per heavy atom. The standard InChI is InChI=1S/C28H23N2O/c1-17-15-18(2)25(22-13-9-10-14-30(22)5)28-24(17)21-16-19(3)23(20-11-7-6-8-12-20)26(29-4)27(21)31-28/h6-16H,1-3,5H3/q+1. The van der Waals surface area contributed by atoms with Crippen LogP contribution in [0.3, 0.4) is 0 Å². The average molecular weight is 404 g/mol. The summed E-state index contributed by atoms with van der Waals surface area (Å²) in [5.74, 6) is 0. The van der Waals surface area contributed by atoms with Gasteiger partial charge in [-0.15, -0.1) is 0 Å². The maximum Gasteiger partial charge on any atom is 0.237 e. The first-order valence-corrected chi connectivity index (χ1v) is 10.4. The zero-order valence-electron chi connectivity index (χ0n) is 18.2. The molecule has 0 aliphatic carbocycles. The molecule has 31 heavy (non-hydrogen) atoms. The highest BCUT2D eigenvalue weighted by molar-refractivity contribution is 6.16. The molecule has 3 nitrogen and oxygen atoms in total. The van der Waals surface area contributed by atoms with Crippen molar-refractivity contribution in [3.05, 3.63) is 95.0 Å². The maximum absolute atomic E-state index is 7.99. The number of aryl methyl sites for hydroxylation is 4. The van der Waals surface area contributed by atoms with Gasteiger partial charge in [0.15, 0.2) is 6.20 Å². The second kappa shape index (κ2) is 7.11. The van der Waals surface area contributed by atoms with E-state index in [1.165, 1.54) is 0 Å². The molecule has 150 valence electrons. The van der Waals surface area contributed by atoms with Gasteiger partial charge in [-0.3, -0.25) is 0 Å². The highest BCUT2D eigenvalue weighted by Crippen LogP contribution is 2.46. The van der Waals surface area contributed by atoms with Gasteiger partial charge in [0.2, 0.25) is 11.4 Å². The molecule has 0 amide bonds. The number of fused-ring (bicyclic) bond motifs is 3. The molecule has 0 aliphatic rings. The zero-order valence-corrected chi connectivity index (χ0v) is 18.2. The smallest absolute Gasteiger partial charge is 0.237 e. The largest absolute Gasteiger partial charge is 0.466 e. The van der Waals surface area contributed by atoms with E-state index in [2.05, 4.69) is 60.5 Å². The van der Waals surface area contributed by atoms with Crippen LogP contribution in [-0.2, 0) is 7.05 Å². The van der Waals surface area contributed by atoms with E-state index in [4.69, 9.17) is 11.0 Å². The summed E-state index contributed by atoms with van der Waals surface area (Å²) in [5, 5.41) is 2.10. The van der Waals surface area contributed by atoms with Crippen molar-refractivity contribution in [2.75, 3.05) is 0 Å². The third kappa shape index (κ3) is 2.84. The van der Waals surface area contributed by atoms with Gasteiger partial charge >= 0.3 is 0 Å². The van der Waals surface area contributed by atoms with Crippen molar-refractivity contribution in [2.45, 2.75) is 20.8 Å². The van der Waals surface area contributed by atoms with Gasteiger partial charge in [0.25, 0.3) is 0 Å². The van der Waals surface area contributed by atoms with Gasteiger partial charge in [-0.25, -0.2) is 9.41 Å². The van der Waals surface area contributed by atoms with Gasteiger partial charge in [0, 0.05) is 22.9 Å². The lowest BCUT2D eigenvalue weighted by atomic mass is 9.93. The summed E-state index contributed by atoms with van der Waals surface area (Å²) in [6.07, 6.45) is 2.05. The molecule has 0 radical (unpaired) electrons. The second-order valence-corrected chi connectivity index (χ2v) is 8.16. The van der Waals surface area contributed by atoms with Crippen molar-refractivity contribution >= 4 is 27.6 Å². The SMILES string of the molecule is [C-]#[N+]c1c(-c2ccccc2)c(C)cc2c1oc1c(-c3cccc[n+]3C)c(C)cc(C)c12. The number of hydrogen-bond donors (Lipinski definition) is 0. The molecule has 0 N–H and O–H groups in total. The van der Waals surface area contributed by atoms with E-state index < -0.39 is 0 Å². The fraction of sp³-hybridized carbons (Fsp3) is 0.143. The fourth-order valence-corrected chi connectivity index (χ4v) is 4.74. The van der Waals surface area contributed by atoms with Crippen LogP contribution in [0.15, 0.2) is 71.3 Å². The molecule has 0 atom stereocenters. The number of benzene rings is 3. The third-order valence-corrected chi connectivity index (χ3v) is 6.09. The molecule has 3 aromatic carbocycles. The van der Waals surface area contributed by atoms with Crippen LogP contribution in [0.5, 0.6) is 0 Å². The van der Waals surface area contributed by atoms with E-state index in [0.29, 0.717) is 11.3 Å². The Morgan fingerprint density at radius 3 is 2.23 bits per heavy atom. The molecule has 5 rings (SSSR count). The Bertz CT molecular complexity index is 1520. The van der Waals surface area contributed by atoms with E-state index in [1.54, 1.807) is 0 Å². The molecule has 0 spiro atoms. The van der Waals surface area contributed by atoms with Crippen LogP contribution >= 0.6 is 0 Å². The molecule has 2 heterocycles. The summed E-state index contributed by atoms with van der Waals surface area (Å²) in [5.41, 5.74) is 9.66. The van der Waals surface area contributed by atoms with Gasteiger partial charge in [-0.2, -0.15) is 0 Å². The van der Waals surface area contributed by atoms with E-state index in [1.807, 2.05) is 43.6 Å². The van der Waals surface area contributed by atoms with Crippen LogP contribution in [0.4, 0.5) is 5.69 Å². The van der Waals surface area contributed by atoms with Gasteiger partial charge in [-0.1, -0.05) is 42.0 Å². The summed E-state index contributed by atoms with van der Waals surface area (Å²) < 4.78 is 8.68. The fourth-order valence-electron chi connectivity index (χ4n) is 4.74. The minimum Gasteiger partial charge on any atom is -0.466 e. The number of nitrogens with zero attached hydrogens (tertiary/aromatic N) is 2. The van der Waals surface area contributed by atoms with Crippen LogP contribution in [-0.4, -0.2) is 0 Å². The van der Waals surface area contributed by atoms with Crippen molar-refractivity contribution < 1.29 is 8.98 Å². The summed E-state index contributed by atoms with van der Waals surface area (Å²) in [6, 6.07) is 20.7. The van der Waals surface area contributed by atoms with Crippen LogP contribution in [0.25, 0.3) is 49.2 Å². The van der Waals surface area contributed by atoms with Crippen molar-refractivity contribution in [1.29, 1.82) is 0 Å². The first-order valence-electron chi connectivity index (χ1n) is 10.4. The molecular weight excluding hydrogens is 380 g/mol. The quantitative estimate of drug-likeness (QED) is 0.225. The van der Waals surface area contributed by atoms with Crippen molar-refractivity contribution in [1.82, 2.24) is 0 Å². The predicted octanol–water partition coefficient (Wildman–Crippen LogP) is 7.22.